The van der Waals surface area contributed by atoms with Gasteiger partial charge in [-0.1, -0.05) is 59.8 Å². The van der Waals surface area contributed by atoms with E-state index in [2.05, 4.69) is 26.1 Å². The molecule has 1 aliphatic heterocycles. The number of ether oxygens (including phenoxy) is 4. The zero-order valence-electron chi connectivity index (χ0n) is 21.0. The number of hydrogen-bond acceptors (Lipinski definition) is 5. The van der Waals surface area contributed by atoms with Crippen LogP contribution in [-0.4, -0.2) is 55.8 Å². The van der Waals surface area contributed by atoms with Gasteiger partial charge in [-0.15, -0.1) is 11.6 Å². The van der Waals surface area contributed by atoms with Crippen molar-refractivity contribution < 1.29 is 23.7 Å². The Labute approximate surface area is 201 Å². The molecule has 1 amide bonds. The van der Waals surface area contributed by atoms with Gasteiger partial charge >= 0.3 is 0 Å². The van der Waals surface area contributed by atoms with E-state index in [-0.39, 0.29) is 18.3 Å². The van der Waals surface area contributed by atoms with Crippen LogP contribution in [0.1, 0.15) is 105 Å². The molecule has 3 unspecified atom stereocenters. The lowest BCUT2D eigenvalue weighted by Crippen LogP contribution is -2.47. The quantitative estimate of drug-likeness (QED) is 0.141. The number of nitrogens with one attached hydrogen (secondary N) is 1. The lowest BCUT2D eigenvalue weighted by molar-refractivity contribution is -0.219. The van der Waals surface area contributed by atoms with Crippen molar-refractivity contribution in [3.63, 3.8) is 0 Å². The molecule has 0 radical (unpaired) electrons. The van der Waals surface area contributed by atoms with Crippen molar-refractivity contribution in [3.05, 3.63) is 0 Å². The largest absolute Gasteiger partial charge is 0.354 e. The van der Waals surface area contributed by atoms with Gasteiger partial charge in [0.2, 0.25) is 5.91 Å². The summed E-state index contributed by atoms with van der Waals surface area (Å²) in [6.07, 6.45) is 10.6. The van der Waals surface area contributed by atoms with Crippen molar-refractivity contribution in [1.82, 2.24) is 5.32 Å². The van der Waals surface area contributed by atoms with Crippen LogP contribution in [0.2, 0.25) is 0 Å². The molecule has 1 saturated heterocycles. The van der Waals surface area contributed by atoms with Gasteiger partial charge in [-0.05, 0) is 32.1 Å². The van der Waals surface area contributed by atoms with Crippen LogP contribution in [-0.2, 0) is 23.7 Å². The fourth-order valence-electron chi connectivity index (χ4n) is 3.92. The van der Waals surface area contributed by atoms with Crippen molar-refractivity contribution in [1.29, 1.82) is 0 Å². The van der Waals surface area contributed by atoms with Crippen molar-refractivity contribution >= 4 is 17.5 Å². The summed E-state index contributed by atoms with van der Waals surface area (Å²) in [7, 11) is 0. The number of alkyl halides is 1. The van der Waals surface area contributed by atoms with Crippen LogP contribution < -0.4 is 5.32 Å². The number of carbonyl (C=O) groups excluding carboxylic acids is 1. The van der Waals surface area contributed by atoms with Crippen molar-refractivity contribution in [2.45, 2.75) is 128 Å². The Balaban J connectivity index is 2.53. The first-order chi connectivity index (χ1) is 15.5. The zero-order valence-corrected chi connectivity index (χ0v) is 21.7. The van der Waals surface area contributed by atoms with Gasteiger partial charge in [0.15, 0.2) is 12.6 Å². The Kier molecular flexibility index (Phi) is 16.7. The Morgan fingerprint density at radius 1 is 1.06 bits per heavy atom. The molecular weight excluding hydrogens is 430 g/mol. The van der Waals surface area contributed by atoms with Crippen LogP contribution in [0.25, 0.3) is 0 Å². The van der Waals surface area contributed by atoms with Crippen molar-refractivity contribution in [3.8, 4) is 0 Å². The molecule has 0 aromatic carbocycles. The molecule has 0 aromatic rings. The Morgan fingerprint density at radius 2 is 1.78 bits per heavy atom. The average molecular weight is 478 g/mol. The molecule has 190 valence electrons. The summed E-state index contributed by atoms with van der Waals surface area (Å²) in [6, 6.07) is 0. The minimum atomic E-state index is -1.03. The van der Waals surface area contributed by atoms with Gasteiger partial charge in [0.05, 0.1) is 12.7 Å². The highest BCUT2D eigenvalue weighted by molar-refractivity contribution is 6.34. The Hall–Kier alpha value is -0.400. The highest BCUT2D eigenvalue weighted by Crippen LogP contribution is 2.32. The third-order valence-corrected chi connectivity index (χ3v) is 6.21. The second-order valence-corrected chi connectivity index (χ2v) is 9.56. The lowest BCUT2D eigenvalue weighted by Gasteiger charge is -2.35. The average Bonchev–Trinajstić information content (AvgIpc) is 2.78. The summed E-state index contributed by atoms with van der Waals surface area (Å²) in [5, 5.41) is 3.00. The van der Waals surface area contributed by atoms with E-state index in [1.54, 1.807) is 0 Å². The normalized spacial score (nSPS) is 20.9. The predicted molar refractivity (Wildman–Crippen MR) is 130 cm³/mol. The molecule has 1 aliphatic rings. The fraction of sp³-hybridized carbons (Fsp3) is 0.960. The minimum absolute atomic E-state index is 0.164. The van der Waals surface area contributed by atoms with E-state index in [0.717, 1.165) is 32.1 Å². The van der Waals surface area contributed by atoms with E-state index < -0.39 is 11.2 Å². The number of carbonyl (C=O) groups is 1. The smallest absolute Gasteiger partial charge is 0.241 e. The number of hydrogen-bond donors (Lipinski definition) is 1. The van der Waals surface area contributed by atoms with Crippen LogP contribution in [0.4, 0.5) is 0 Å². The zero-order chi connectivity index (χ0) is 23.7. The molecule has 6 nitrogen and oxygen atoms in total. The molecule has 1 fully saturated rings. The van der Waals surface area contributed by atoms with Gasteiger partial charge in [-0.3, -0.25) is 4.79 Å². The number of rotatable bonds is 19. The van der Waals surface area contributed by atoms with Crippen molar-refractivity contribution in [2.24, 2.45) is 0 Å². The molecule has 32 heavy (non-hydrogen) atoms. The molecule has 3 atom stereocenters. The molecule has 0 aromatic heterocycles. The van der Waals surface area contributed by atoms with E-state index >= 15 is 0 Å². The summed E-state index contributed by atoms with van der Waals surface area (Å²) in [4.78, 5) is 12.0. The fourth-order valence-corrected chi connectivity index (χ4v) is 4.30. The topological polar surface area (TPSA) is 66.0 Å². The summed E-state index contributed by atoms with van der Waals surface area (Å²) in [5.41, 5.74) is 0. The third kappa shape index (κ3) is 12.2. The van der Waals surface area contributed by atoms with Crippen LogP contribution >= 0.6 is 11.6 Å². The SMILES string of the molecule is CCCCCCC1CCOC(CC(Cl)(CCC)C(=O)NCCC(OCCC)OCCC)O1. The molecule has 1 heterocycles. The standard InChI is InChI=1S/C25H48ClNO5/c1-5-9-10-11-12-21-14-19-31-23(32-21)20-25(26,15-6-2)24(28)27-16-13-22(29-17-7-3)30-18-8-4/h21-23H,5-20H2,1-4H3,(H,27,28). The van der Waals surface area contributed by atoms with Crippen LogP contribution in [0.5, 0.6) is 0 Å². The van der Waals surface area contributed by atoms with Crippen molar-refractivity contribution in [2.75, 3.05) is 26.4 Å². The molecular formula is C25H48ClNO5. The molecule has 1 rings (SSSR count). The van der Waals surface area contributed by atoms with Gasteiger partial charge < -0.3 is 24.3 Å². The maximum atomic E-state index is 13.0. The van der Waals surface area contributed by atoms with E-state index in [1.165, 1.54) is 25.7 Å². The van der Waals surface area contributed by atoms with Crippen LogP contribution in [0.3, 0.4) is 0 Å². The predicted octanol–water partition coefficient (Wildman–Crippen LogP) is 5.94. The maximum absolute atomic E-state index is 13.0. The minimum Gasteiger partial charge on any atom is -0.354 e. The first-order valence-electron chi connectivity index (χ1n) is 13.0. The van der Waals surface area contributed by atoms with E-state index in [9.17, 15) is 4.79 Å². The first kappa shape index (κ1) is 29.6. The first-order valence-corrected chi connectivity index (χ1v) is 13.3. The van der Waals surface area contributed by atoms with Gasteiger partial charge in [0.25, 0.3) is 0 Å². The highest BCUT2D eigenvalue weighted by atomic mass is 35.5. The molecule has 0 bridgehead atoms. The highest BCUT2D eigenvalue weighted by Gasteiger charge is 2.40. The third-order valence-electron chi connectivity index (χ3n) is 5.69. The number of unbranched alkanes of at least 4 members (excludes halogenated alkanes) is 3. The molecule has 7 heteroatoms. The molecule has 1 N–H and O–H groups in total. The van der Waals surface area contributed by atoms with Crippen LogP contribution in [0, 0.1) is 0 Å². The maximum Gasteiger partial charge on any atom is 0.241 e. The van der Waals surface area contributed by atoms with E-state index in [0.29, 0.717) is 45.6 Å². The van der Waals surface area contributed by atoms with Gasteiger partial charge in [0, 0.05) is 32.6 Å². The van der Waals surface area contributed by atoms with E-state index in [4.69, 9.17) is 30.5 Å². The van der Waals surface area contributed by atoms with Gasteiger partial charge in [-0.2, -0.15) is 0 Å². The molecule has 0 aliphatic carbocycles. The number of halogens is 1. The Morgan fingerprint density at radius 3 is 2.41 bits per heavy atom. The lowest BCUT2D eigenvalue weighted by atomic mass is 9.96. The van der Waals surface area contributed by atoms with Crippen LogP contribution in [0.15, 0.2) is 0 Å². The Bertz CT molecular complexity index is 473. The van der Waals surface area contributed by atoms with Gasteiger partial charge in [0.1, 0.15) is 4.87 Å². The second kappa shape index (κ2) is 18.0. The summed E-state index contributed by atoms with van der Waals surface area (Å²) in [5.74, 6) is -0.164. The monoisotopic (exact) mass is 477 g/mol. The summed E-state index contributed by atoms with van der Waals surface area (Å²) in [6.45, 7) is 10.8. The molecule has 0 saturated carbocycles. The second-order valence-electron chi connectivity index (χ2n) is 8.83. The summed E-state index contributed by atoms with van der Waals surface area (Å²) < 4.78 is 23.5. The van der Waals surface area contributed by atoms with Gasteiger partial charge in [-0.25, -0.2) is 0 Å². The number of amides is 1. The molecule has 0 spiro atoms. The van der Waals surface area contributed by atoms with E-state index in [1.807, 2.05) is 6.92 Å². The summed E-state index contributed by atoms with van der Waals surface area (Å²) >= 11 is 6.86.